The van der Waals surface area contributed by atoms with Gasteiger partial charge >= 0.3 is 0 Å². The van der Waals surface area contributed by atoms with Gasteiger partial charge in [0.25, 0.3) is 0 Å². The second-order valence-corrected chi connectivity index (χ2v) is 5.02. The summed E-state index contributed by atoms with van der Waals surface area (Å²) in [6, 6.07) is 18.7. The number of methoxy groups -OCH3 is 1. The first-order chi connectivity index (χ1) is 10.3. The fourth-order valence-corrected chi connectivity index (χ4v) is 2.39. The van der Waals surface area contributed by atoms with Crippen molar-refractivity contribution in [1.82, 2.24) is 4.98 Å². The minimum atomic E-state index is 0.648. The molecule has 1 aromatic heterocycles. The molecule has 21 heavy (non-hydrogen) atoms. The van der Waals surface area contributed by atoms with Crippen LogP contribution in [0.2, 0.25) is 0 Å². The van der Waals surface area contributed by atoms with Crippen molar-refractivity contribution in [1.29, 1.82) is 0 Å². The van der Waals surface area contributed by atoms with Gasteiger partial charge in [0.05, 0.1) is 12.1 Å². The van der Waals surface area contributed by atoms with Gasteiger partial charge in [0.1, 0.15) is 0 Å². The minimum absolute atomic E-state index is 0.648. The van der Waals surface area contributed by atoms with Crippen LogP contribution in [0.3, 0.4) is 0 Å². The molecule has 0 aliphatic heterocycles. The fourth-order valence-electron chi connectivity index (χ4n) is 2.39. The fraction of sp³-hybridized carbons (Fsp3) is 0.167. The molecular weight excluding hydrogens is 260 g/mol. The van der Waals surface area contributed by atoms with Crippen molar-refractivity contribution >= 4 is 16.6 Å². The number of benzene rings is 2. The third kappa shape index (κ3) is 3.38. The van der Waals surface area contributed by atoms with E-state index in [2.05, 4.69) is 52.8 Å². The highest BCUT2D eigenvalue weighted by molar-refractivity contribution is 5.82. The zero-order chi connectivity index (χ0) is 14.5. The molecule has 0 unspecified atom stereocenters. The first-order valence-electron chi connectivity index (χ1n) is 7.00. The van der Waals surface area contributed by atoms with Crippen molar-refractivity contribution in [3.05, 3.63) is 71.9 Å². The molecule has 0 saturated carbocycles. The lowest BCUT2D eigenvalue weighted by Crippen LogP contribution is -2.00. The summed E-state index contributed by atoms with van der Waals surface area (Å²) < 4.78 is 5.17. The molecule has 0 atom stereocenters. The van der Waals surface area contributed by atoms with Crippen molar-refractivity contribution in [3.63, 3.8) is 0 Å². The normalized spacial score (nSPS) is 10.7. The van der Waals surface area contributed by atoms with Gasteiger partial charge in [-0.2, -0.15) is 0 Å². The van der Waals surface area contributed by atoms with E-state index in [4.69, 9.17) is 4.74 Å². The number of fused-ring (bicyclic) bond motifs is 1. The summed E-state index contributed by atoms with van der Waals surface area (Å²) in [6.07, 6.45) is 1.82. The monoisotopic (exact) mass is 278 g/mol. The number of hydrogen-bond acceptors (Lipinski definition) is 3. The Morgan fingerprint density at radius 1 is 1.00 bits per heavy atom. The van der Waals surface area contributed by atoms with E-state index in [1.165, 1.54) is 11.1 Å². The largest absolute Gasteiger partial charge is 0.381 e. The van der Waals surface area contributed by atoms with Crippen molar-refractivity contribution in [2.75, 3.05) is 12.4 Å². The number of nitrogens with one attached hydrogen (secondary N) is 1. The van der Waals surface area contributed by atoms with Crippen LogP contribution >= 0.6 is 0 Å². The Balaban J connectivity index is 1.72. The van der Waals surface area contributed by atoms with Gasteiger partial charge in [-0.15, -0.1) is 0 Å². The average molecular weight is 278 g/mol. The lowest BCUT2D eigenvalue weighted by atomic mass is 10.1. The van der Waals surface area contributed by atoms with Crippen molar-refractivity contribution < 1.29 is 4.74 Å². The zero-order valence-electron chi connectivity index (χ0n) is 12.0. The van der Waals surface area contributed by atoms with Crippen LogP contribution in [0.1, 0.15) is 11.1 Å². The Morgan fingerprint density at radius 2 is 1.90 bits per heavy atom. The van der Waals surface area contributed by atoms with Gasteiger partial charge in [-0.3, -0.25) is 4.98 Å². The number of hydrogen-bond donors (Lipinski definition) is 1. The molecule has 106 valence electrons. The Kier molecular flexibility index (Phi) is 4.12. The summed E-state index contributed by atoms with van der Waals surface area (Å²) in [6.45, 7) is 1.44. The van der Waals surface area contributed by atoms with Gasteiger partial charge in [-0.25, -0.2) is 0 Å². The van der Waals surface area contributed by atoms with Crippen LogP contribution in [-0.4, -0.2) is 12.1 Å². The summed E-state index contributed by atoms with van der Waals surface area (Å²) in [7, 11) is 1.72. The van der Waals surface area contributed by atoms with Crippen molar-refractivity contribution in [3.8, 4) is 0 Å². The molecule has 3 heteroatoms. The first kappa shape index (κ1) is 13.6. The molecule has 1 heterocycles. The number of aromatic nitrogens is 1. The molecule has 2 aromatic carbocycles. The summed E-state index contributed by atoms with van der Waals surface area (Å²) in [5.41, 5.74) is 4.56. The van der Waals surface area contributed by atoms with Gasteiger partial charge in [0.2, 0.25) is 0 Å². The maximum atomic E-state index is 5.17. The van der Waals surface area contributed by atoms with Gasteiger partial charge in [0.15, 0.2) is 0 Å². The smallest absolute Gasteiger partial charge is 0.0713 e. The van der Waals surface area contributed by atoms with Crippen LogP contribution < -0.4 is 5.32 Å². The highest BCUT2D eigenvalue weighted by atomic mass is 16.5. The van der Waals surface area contributed by atoms with E-state index in [1.807, 2.05) is 18.3 Å². The molecule has 0 bridgehead atoms. The number of ether oxygens (including phenoxy) is 1. The second kappa shape index (κ2) is 6.37. The summed E-state index contributed by atoms with van der Waals surface area (Å²) in [5, 5.41) is 4.60. The molecule has 3 nitrogen and oxygen atoms in total. The highest BCUT2D eigenvalue weighted by Crippen LogP contribution is 2.18. The van der Waals surface area contributed by atoms with Gasteiger partial charge in [-0.1, -0.05) is 30.3 Å². The zero-order valence-corrected chi connectivity index (χ0v) is 12.0. The molecular formula is C18H18N2O. The molecule has 0 saturated heterocycles. The van der Waals surface area contributed by atoms with E-state index in [-0.39, 0.29) is 0 Å². The molecule has 3 aromatic rings. The van der Waals surface area contributed by atoms with E-state index >= 15 is 0 Å². The van der Waals surface area contributed by atoms with E-state index < -0.39 is 0 Å². The summed E-state index contributed by atoms with van der Waals surface area (Å²) >= 11 is 0. The Bertz CT molecular complexity index is 740. The third-order valence-corrected chi connectivity index (χ3v) is 3.40. The van der Waals surface area contributed by atoms with Gasteiger partial charge in [-0.05, 0) is 35.4 Å². The molecule has 0 aliphatic carbocycles. The maximum Gasteiger partial charge on any atom is 0.0713 e. The quantitative estimate of drug-likeness (QED) is 0.766. The van der Waals surface area contributed by atoms with Crippen LogP contribution in [-0.2, 0) is 17.9 Å². The summed E-state index contributed by atoms with van der Waals surface area (Å²) in [4.78, 5) is 4.33. The van der Waals surface area contributed by atoms with Gasteiger partial charge in [0, 0.05) is 30.9 Å². The lowest BCUT2D eigenvalue weighted by molar-refractivity contribution is 0.185. The van der Waals surface area contributed by atoms with Crippen LogP contribution in [0.15, 0.2) is 60.8 Å². The predicted molar refractivity (Wildman–Crippen MR) is 86.2 cm³/mol. The Morgan fingerprint density at radius 3 is 2.81 bits per heavy atom. The standard InChI is InChI=1S/C18H18N2O/c1-21-13-15-5-2-4-14(10-15)12-20-17-7-8-18-16(11-17)6-3-9-19-18/h2-11,20H,12-13H2,1H3. The number of anilines is 1. The first-order valence-corrected chi connectivity index (χ1v) is 7.00. The van der Waals surface area contributed by atoms with E-state index in [0.29, 0.717) is 6.61 Å². The van der Waals surface area contributed by atoms with E-state index in [0.717, 1.165) is 23.1 Å². The average Bonchev–Trinajstić information content (AvgIpc) is 2.53. The number of pyridine rings is 1. The van der Waals surface area contributed by atoms with Crippen LogP contribution in [0.4, 0.5) is 5.69 Å². The number of nitrogens with zero attached hydrogens (tertiary/aromatic N) is 1. The SMILES string of the molecule is COCc1cccc(CNc2ccc3ncccc3c2)c1. The highest BCUT2D eigenvalue weighted by Gasteiger charge is 1.99. The van der Waals surface area contributed by atoms with E-state index in [9.17, 15) is 0 Å². The molecule has 0 amide bonds. The Hall–Kier alpha value is -2.39. The predicted octanol–water partition coefficient (Wildman–Crippen LogP) is 3.99. The molecule has 0 radical (unpaired) electrons. The molecule has 0 fully saturated rings. The van der Waals surface area contributed by atoms with Crippen LogP contribution in [0, 0.1) is 0 Å². The van der Waals surface area contributed by atoms with Crippen molar-refractivity contribution in [2.45, 2.75) is 13.2 Å². The van der Waals surface area contributed by atoms with Crippen LogP contribution in [0.5, 0.6) is 0 Å². The summed E-state index contributed by atoms with van der Waals surface area (Å²) in [5.74, 6) is 0. The molecule has 0 spiro atoms. The molecule has 0 aliphatic rings. The topological polar surface area (TPSA) is 34.1 Å². The maximum absolute atomic E-state index is 5.17. The van der Waals surface area contributed by atoms with Crippen molar-refractivity contribution in [2.24, 2.45) is 0 Å². The molecule has 3 rings (SSSR count). The molecule has 1 N–H and O–H groups in total. The van der Waals surface area contributed by atoms with Gasteiger partial charge < -0.3 is 10.1 Å². The Labute approximate surface area is 124 Å². The second-order valence-electron chi connectivity index (χ2n) is 5.02. The number of rotatable bonds is 5. The van der Waals surface area contributed by atoms with Crippen LogP contribution in [0.25, 0.3) is 10.9 Å². The lowest BCUT2D eigenvalue weighted by Gasteiger charge is -2.09. The third-order valence-electron chi connectivity index (χ3n) is 3.40. The minimum Gasteiger partial charge on any atom is -0.381 e. The van der Waals surface area contributed by atoms with E-state index in [1.54, 1.807) is 7.11 Å².